The number of alkyl halides is 3. The second-order valence-corrected chi connectivity index (χ2v) is 6.25. The van der Waals surface area contributed by atoms with Crippen LogP contribution in [-0.4, -0.2) is 30.1 Å². The Morgan fingerprint density at radius 1 is 1.21 bits per heavy atom. The number of carbonyl (C=O) groups is 1. The highest BCUT2D eigenvalue weighted by molar-refractivity contribution is 6.30. The number of esters is 1. The van der Waals surface area contributed by atoms with Crippen LogP contribution >= 0.6 is 11.6 Å². The first kappa shape index (κ1) is 21.4. The van der Waals surface area contributed by atoms with Crippen LogP contribution < -0.4 is 4.74 Å². The number of hydrogen-bond acceptors (Lipinski definition) is 6. The van der Waals surface area contributed by atoms with Crippen LogP contribution in [0.2, 0.25) is 5.02 Å². The van der Waals surface area contributed by atoms with Crippen LogP contribution in [0.15, 0.2) is 30.5 Å². The van der Waals surface area contributed by atoms with Crippen LogP contribution in [-0.2, 0) is 21.1 Å². The molecule has 0 spiro atoms. The van der Waals surface area contributed by atoms with Gasteiger partial charge in [-0.15, -0.1) is 0 Å². The summed E-state index contributed by atoms with van der Waals surface area (Å²) in [6.07, 6.45) is -3.58. The zero-order chi connectivity index (χ0) is 21.3. The van der Waals surface area contributed by atoms with Gasteiger partial charge in [-0.2, -0.15) is 13.2 Å². The maximum atomic E-state index is 13.0. The van der Waals surface area contributed by atoms with Gasteiger partial charge in [-0.1, -0.05) is 17.7 Å². The highest BCUT2D eigenvalue weighted by atomic mass is 35.5. The van der Waals surface area contributed by atoms with Crippen LogP contribution in [0.3, 0.4) is 0 Å². The predicted octanol–water partition coefficient (Wildman–Crippen LogP) is 4.15. The maximum absolute atomic E-state index is 13.0. The van der Waals surface area contributed by atoms with Gasteiger partial charge in [0.2, 0.25) is 5.88 Å². The molecule has 0 aliphatic carbocycles. The number of pyridine rings is 1. The SMILES string of the molecule is COC(=O)C(C)(c1ccc(C(F)(F)F)cc1[N+](=O)[O-])c1cc(Cl)cnc1OC. The predicted molar refractivity (Wildman–Crippen MR) is 92.4 cm³/mol. The normalized spacial score (nSPS) is 13.5. The summed E-state index contributed by atoms with van der Waals surface area (Å²) in [7, 11) is 2.29. The van der Waals surface area contributed by atoms with E-state index in [0.717, 1.165) is 13.2 Å². The molecule has 0 bridgehead atoms. The van der Waals surface area contributed by atoms with E-state index < -0.39 is 33.7 Å². The first-order chi connectivity index (χ1) is 13.0. The molecule has 0 saturated heterocycles. The van der Waals surface area contributed by atoms with Crippen LogP contribution in [0.5, 0.6) is 5.88 Å². The van der Waals surface area contributed by atoms with Crippen molar-refractivity contribution < 1.29 is 32.4 Å². The Hall–Kier alpha value is -2.88. The molecule has 11 heteroatoms. The fourth-order valence-corrected chi connectivity index (χ4v) is 2.96. The number of aromatic nitrogens is 1. The minimum atomic E-state index is -4.81. The van der Waals surface area contributed by atoms with Gasteiger partial charge >= 0.3 is 12.1 Å². The molecule has 1 aromatic carbocycles. The summed E-state index contributed by atoms with van der Waals surface area (Å²) in [5.74, 6) is -1.07. The molecule has 0 N–H and O–H groups in total. The van der Waals surface area contributed by atoms with Crippen molar-refractivity contribution in [2.24, 2.45) is 0 Å². The second kappa shape index (κ2) is 7.63. The second-order valence-electron chi connectivity index (χ2n) is 5.81. The lowest BCUT2D eigenvalue weighted by molar-refractivity contribution is -0.386. The molecule has 2 rings (SSSR count). The number of hydrogen-bond donors (Lipinski definition) is 0. The van der Waals surface area contributed by atoms with Crippen molar-refractivity contribution in [2.75, 3.05) is 14.2 Å². The summed E-state index contributed by atoms with van der Waals surface area (Å²) in [6, 6.07) is 3.15. The van der Waals surface area contributed by atoms with Gasteiger partial charge in [0.1, 0.15) is 5.41 Å². The third kappa shape index (κ3) is 3.72. The van der Waals surface area contributed by atoms with Crippen molar-refractivity contribution in [3.8, 4) is 5.88 Å². The van der Waals surface area contributed by atoms with Gasteiger partial charge in [0, 0.05) is 17.8 Å². The van der Waals surface area contributed by atoms with Crippen molar-refractivity contribution in [1.82, 2.24) is 4.98 Å². The lowest BCUT2D eigenvalue weighted by Crippen LogP contribution is -2.36. The molecule has 0 saturated carbocycles. The van der Waals surface area contributed by atoms with E-state index in [-0.39, 0.29) is 22.0 Å². The molecule has 0 amide bonds. The average Bonchev–Trinajstić information content (AvgIpc) is 2.65. The molecule has 150 valence electrons. The fourth-order valence-electron chi connectivity index (χ4n) is 2.80. The van der Waals surface area contributed by atoms with Crippen LogP contribution in [0.4, 0.5) is 18.9 Å². The first-order valence-corrected chi connectivity index (χ1v) is 7.99. The van der Waals surface area contributed by atoms with Crippen molar-refractivity contribution in [3.63, 3.8) is 0 Å². The summed E-state index contributed by atoms with van der Waals surface area (Å²) in [5, 5.41) is 11.6. The molecular weight excluding hydrogens is 405 g/mol. The Morgan fingerprint density at radius 3 is 2.36 bits per heavy atom. The zero-order valence-electron chi connectivity index (χ0n) is 14.8. The molecule has 2 aromatic rings. The Balaban J connectivity index is 2.90. The van der Waals surface area contributed by atoms with Gasteiger partial charge in [0.15, 0.2) is 0 Å². The van der Waals surface area contributed by atoms with Gasteiger partial charge in [-0.05, 0) is 19.1 Å². The van der Waals surface area contributed by atoms with E-state index in [1.807, 2.05) is 0 Å². The summed E-state index contributed by atoms with van der Waals surface area (Å²) in [4.78, 5) is 27.1. The third-order valence-electron chi connectivity index (χ3n) is 4.20. The largest absolute Gasteiger partial charge is 0.481 e. The Bertz CT molecular complexity index is 935. The van der Waals surface area contributed by atoms with Gasteiger partial charge in [0.05, 0.1) is 35.3 Å². The Kier molecular flexibility index (Phi) is 5.83. The van der Waals surface area contributed by atoms with Crippen molar-refractivity contribution >= 4 is 23.3 Å². The molecule has 7 nitrogen and oxygen atoms in total. The number of halogens is 4. The Labute approximate surface area is 162 Å². The number of ether oxygens (including phenoxy) is 2. The zero-order valence-corrected chi connectivity index (χ0v) is 15.6. The standard InChI is InChI=1S/C17H14ClF3N2O5/c1-16(15(24)28-3,12-7-10(18)8-22-14(12)27-2)11-5-4-9(17(19,20)21)6-13(11)23(25)26/h4-8H,1-3H3. The molecule has 0 aliphatic rings. The molecule has 1 unspecified atom stereocenters. The number of nitro groups is 1. The summed E-state index contributed by atoms with van der Waals surface area (Å²) < 4.78 is 49.0. The van der Waals surface area contributed by atoms with Gasteiger partial charge < -0.3 is 9.47 Å². The van der Waals surface area contributed by atoms with E-state index in [1.54, 1.807) is 0 Å². The van der Waals surface area contributed by atoms with E-state index >= 15 is 0 Å². The van der Waals surface area contributed by atoms with Crippen LogP contribution in [0.25, 0.3) is 0 Å². The minimum Gasteiger partial charge on any atom is -0.481 e. The summed E-state index contributed by atoms with van der Waals surface area (Å²) in [5.41, 5.74) is -4.40. The molecule has 0 radical (unpaired) electrons. The molecule has 0 fully saturated rings. The van der Waals surface area contributed by atoms with E-state index in [4.69, 9.17) is 21.1 Å². The topological polar surface area (TPSA) is 91.6 Å². The number of nitro benzene ring substituents is 1. The van der Waals surface area contributed by atoms with Crippen LogP contribution in [0.1, 0.15) is 23.6 Å². The number of methoxy groups -OCH3 is 2. The lowest BCUT2D eigenvalue weighted by atomic mass is 9.75. The molecule has 1 heterocycles. The number of rotatable bonds is 5. The average molecular weight is 419 g/mol. The fraction of sp³-hybridized carbons (Fsp3) is 0.294. The quantitative estimate of drug-likeness (QED) is 0.411. The van der Waals surface area contributed by atoms with Gasteiger partial charge in [-0.25, -0.2) is 4.98 Å². The van der Waals surface area contributed by atoms with Gasteiger partial charge in [0.25, 0.3) is 5.69 Å². The summed E-state index contributed by atoms with van der Waals surface area (Å²) in [6.45, 7) is 1.25. The van der Waals surface area contributed by atoms with E-state index in [9.17, 15) is 28.1 Å². The minimum absolute atomic E-state index is 0.00258. The monoisotopic (exact) mass is 418 g/mol. The first-order valence-electron chi connectivity index (χ1n) is 7.61. The highest BCUT2D eigenvalue weighted by Crippen LogP contribution is 2.44. The van der Waals surface area contributed by atoms with E-state index in [0.29, 0.717) is 12.1 Å². The molecule has 0 aliphatic heterocycles. The lowest BCUT2D eigenvalue weighted by Gasteiger charge is -2.28. The molecule has 1 atom stereocenters. The molecular formula is C17H14ClF3N2O5. The molecule has 28 heavy (non-hydrogen) atoms. The van der Waals surface area contributed by atoms with Crippen LogP contribution in [0, 0.1) is 10.1 Å². The van der Waals surface area contributed by atoms with Crippen molar-refractivity contribution in [3.05, 3.63) is 62.3 Å². The van der Waals surface area contributed by atoms with Gasteiger partial charge in [-0.3, -0.25) is 14.9 Å². The summed E-state index contributed by atoms with van der Waals surface area (Å²) >= 11 is 5.95. The smallest absolute Gasteiger partial charge is 0.416 e. The number of benzene rings is 1. The Morgan fingerprint density at radius 2 is 1.86 bits per heavy atom. The number of carbonyl (C=O) groups excluding carboxylic acids is 1. The highest BCUT2D eigenvalue weighted by Gasteiger charge is 2.46. The van der Waals surface area contributed by atoms with Crippen molar-refractivity contribution in [1.29, 1.82) is 0 Å². The van der Waals surface area contributed by atoms with E-state index in [1.165, 1.54) is 26.3 Å². The molecule has 1 aromatic heterocycles. The van der Waals surface area contributed by atoms with Crippen molar-refractivity contribution in [2.45, 2.75) is 18.5 Å². The van der Waals surface area contributed by atoms with E-state index in [2.05, 4.69) is 4.98 Å². The number of nitrogens with zero attached hydrogens (tertiary/aromatic N) is 2. The third-order valence-corrected chi connectivity index (χ3v) is 4.41. The maximum Gasteiger partial charge on any atom is 0.416 e.